The van der Waals surface area contributed by atoms with Crippen molar-refractivity contribution < 1.29 is 4.39 Å². The van der Waals surface area contributed by atoms with Gasteiger partial charge in [-0.3, -0.25) is 0 Å². The molecular weight excluding hydrogens is 319 g/mol. The number of nitrogens with zero attached hydrogens (tertiary/aromatic N) is 1. The lowest BCUT2D eigenvalue weighted by Gasteiger charge is -2.10. The minimum Gasteiger partial charge on any atom is -0.354 e. The van der Waals surface area contributed by atoms with Crippen molar-refractivity contribution in [1.29, 1.82) is 5.26 Å². The Kier molecular flexibility index (Phi) is 3.85. The van der Waals surface area contributed by atoms with Crippen LogP contribution in [0, 0.1) is 17.1 Å². The van der Waals surface area contributed by atoms with E-state index in [0.29, 0.717) is 26.4 Å². The molecule has 2 aromatic carbocycles. The van der Waals surface area contributed by atoms with Gasteiger partial charge in [0.1, 0.15) is 11.9 Å². The first-order valence-electron chi connectivity index (χ1n) is 5.02. The molecule has 0 unspecified atom stereocenters. The molecule has 0 spiro atoms. The second-order valence-electron chi connectivity index (χ2n) is 3.55. The van der Waals surface area contributed by atoms with E-state index < -0.39 is 0 Å². The molecule has 0 saturated carbocycles. The van der Waals surface area contributed by atoms with Crippen molar-refractivity contribution in [3.8, 4) is 6.07 Å². The van der Waals surface area contributed by atoms with Crippen molar-refractivity contribution in [3.63, 3.8) is 0 Å². The van der Waals surface area contributed by atoms with Gasteiger partial charge in [-0.05, 0) is 52.3 Å². The minimum absolute atomic E-state index is 0.330. The molecule has 2 rings (SSSR count). The second kappa shape index (κ2) is 5.38. The van der Waals surface area contributed by atoms with Gasteiger partial charge in [0.15, 0.2) is 0 Å². The maximum absolute atomic E-state index is 13.0. The van der Waals surface area contributed by atoms with Crippen molar-refractivity contribution in [2.75, 3.05) is 5.32 Å². The number of rotatable bonds is 2. The van der Waals surface area contributed by atoms with Gasteiger partial charge in [0, 0.05) is 9.50 Å². The summed E-state index contributed by atoms with van der Waals surface area (Å²) in [6, 6.07) is 11.3. The van der Waals surface area contributed by atoms with Crippen LogP contribution in [0.2, 0.25) is 5.02 Å². The number of anilines is 2. The molecule has 2 aromatic rings. The number of benzene rings is 2. The summed E-state index contributed by atoms with van der Waals surface area (Å²) in [6.07, 6.45) is 0. The zero-order chi connectivity index (χ0) is 13.1. The Labute approximate surface area is 117 Å². The van der Waals surface area contributed by atoms with Gasteiger partial charge in [-0.15, -0.1) is 0 Å². The van der Waals surface area contributed by atoms with Gasteiger partial charge in [0.2, 0.25) is 0 Å². The fourth-order valence-corrected chi connectivity index (χ4v) is 2.08. The predicted molar refractivity (Wildman–Crippen MR) is 73.5 cm³/mol. The lowest BCUT2D eigenvalue weighted by molar-refractivity contribution is 0.627. The normalized spacial score (nSPS) is 9.89. The van der Waals surface area contributed by atoms with Crippen LogP contribution in [0.1, 0.15) is 5.56 Å². The van der Waals surface area contributed by atoms with E-state index in [0.717, 1.165) is 0 Å². The van der Waals surface area contributed by atoms with Gasteiger partial charge in [0.05, 0.1) is 16.9 Å². The number of nitrogens with one attached hydrogen (secondary N) is 1. The number of hydrogen-bond donors (Lipinski definition) is 1. The van der Waals surface area contributed by atoms with Crippen LogP contribution in [0.3, 0.4) is 0 Å². The van der Waals surface area contributed by atoms with Crippen molar-refractivity contribution in [2.24, 2.45) is 0 Å². The van der Waals surface area contributed by atoms with Crippen LogP contribution in [0.25, 0.3) is 0 Å². The first-order chi connectivity index (χ1) is 8.60. The van der Waals surface area contributed by atoms with E-state index in [1.165, 1.54) is 12.1 Å². The molecule has 2 nitrogen and oxygen atoms in total. The van der Waals surface area contributed by atoms with Gasteiger partial charge in [0.25, 0.3) is 0 Å². The standard InChI is InChI=1S/C13H7BrClFN2/c14-11-6-10(16)2-4-13(11)18-12-3-1-9(15)5-8(12)7-17/h1-6,18H. The highest BCUT2D eigenvalue weighted by Gasteiger charge is 2.06. The van der Waals surface area contributed by atoms with Gasteiger partial charge in [-0.25, -0.2) is 4.39 Å². The third-order valence-corrected chi connectivity index (χ3v) is 3.19. The minimum atomic E-state index is -0.330. The third kappa shape index (κ3) is 2.81. The van der Waals surface area contributed by atoms with Gasteiger partial charge in [-0.2, -0.15) is 5.26 Å². The number of hydrogen-bond acceptors (Lipinski definition) is 2. The van der Waals surface area contributed by atoms with Crippen LogP contribution in [0.15, 0.2) is 40.9 Å². The molecular formula is C13H7BrClFN2. The van der Waals surface area contributed by atoms with Gasteiger partial charge in [-0.1, -0.05) is 11.6 Å². The molecule has 0 radical (unpaired) electrons. The maximum Gasteiger partial charge on any atom is 0.124 e. The molecule has 0 atom stereocenters. The molecule has 90 valence electrons. The Hall–Kier alpha value is -1.57. The zero-order valence-corrected chi connectivity index (χ0v) is 11.4. The molecule has 0 heterocycles. The summed E-state index contributed by atoms with van der Waals surface area (Å²) in [4.78, 5) is 0. The fourth-order valence-electron chi connectivity index (χ4n) is 1.45. The summed E-state index contributed by atoms with van der Waals surface area (Å²) in [5.41, 5.74) is 1.73. The summed E-state index contributed by atoms with van der Waals surface area (Å²) in [5.74, 6) is -0.330. The van der Waals surface area contributed by atoms with E-state index in [2.05, 4.69) is 27.3 Å². The molecule has 0 aliphatic carbocycles. The largest absolute Gasteiger partial charge is 0.354 e. The highest BCUT2D eigenvalue weighted by molar-refractivity contribution is 9.10. The summed E-state index contributed by atoms with van der Waals surface area (Å²) in [6.45, 7) is 0. The van der Waals surface area contributed by atoms with Gasteiger partial charge >= 0.3 is 0 Å². The number of halogens is 3. The van der Waals surface area contributed by atoms with E-state index in [4.69, 9.17) is 16.9 Å². The van der Waals surface area contributed by atoms with Crippen LogP contribution >= 0.6 is 27.5 Å². The molecule has 1 N–H and O–H groups in total. The number of nitriles is 1. The van der Waals surface area contributed by atoms with Crippen LogP contribution in [0.4, 0.5) is 15.8 Å². The van der Waals surface area contributed by atoms with Crippen LogP contribution < -0.4 is 5.32 Å². The van der Waals surface area contributed by atoms with E-state index in [9.17, 15) is 4.39 Å². The molecule has 0 aliphatic rings. The Balaban J connectivity index is 2.37. The Bertz CT molecular complexity index is 637. The van der Waals surface area contributed by atoms with Gasteiger partial charge < -0.3 is 5.32 Å². The van der Waals surface area contributed by atoms with E-state index in [1.807, 2.05) is 0 Å². The molecule has 5 heteroatoms. The Morgan fingerprint density at radius 1 is 1.17 bits per heavy atom. The lowest BCUT2D eigenvalue weighted by Crippen LogP contribution is -1.95. The summed E-state index contributed by atoms with van der Waals surface area (Å²) in [7, 11) is 0. The lowest BCUT2D eigenvalue weighted by atomic mass is 10.2. The first-order valence-corrected chi connectivity index (χ1v) is 6.19. The molecule has 0 amide bonds. The average molecular weight is 326 g/mol. The molecule has 0 aromatic heterocycles. The summed E-state index contributed by atoms with van der Waals surface area (Å²) in [5, 5.41) is 12.6. The Morgan fingerprint density at radius 2 is 1.89 bits per heavy atom. The van der Waals surface area contributed by atoms with Crippen molar-refractivity contribution in [3.05, 3.63) is 57.3 Å². The van der Waals surface area contributed by atoms with Crippen LogP contribution in [-0.4, -0.2) is 0 Å². The predicted octanol–water partition coefficient (Wildman–Crippen LogP) is 4.86. The summed E-state index contributed by atoms with van der Waals surface area (Å²) >= 11 is 9.07. The van der Waals surface area contributed by atoms with Crippen LogP contribution in [0.5, 0.6) is 0 Å². The Morgan fingerprint density at radius 3 is 2.56 bits per heavy atom. The van der Waals surface area contributed by atoms with E-state index in [-0.39, 0.29) is 5.82 Å². The molecule has 0 aliphatic heterocycles. The zero-order valence-electron chi connectivity index (χ0n) is 9.05. The topological polar surface area (TPSA) is 35.8 Å². The first kappa shape index (κ1) is 12.9. The van der Waals surface area contributed by atoms with Crippen molar-refractivity contribution in [2.45, 2.75) is 0 Å². The van der Waals surface area contributed by atoms with Crippen molar-refractivity contribution >= 4 is 38.9 Å². The fraction of sp³-hybridized carbons (Fsp3) is 0. The quantitative estimate of drug-likeness (QED) is 0.856. The average Bonchev–Trinajstić information content (AvgIpc) is 2.34. The van der Waals surface area contributed by atoms with Crippen molar-refractivity contribution in [1.82, 2.24) is 0 Å². The highest BCUT2D eigenvalue weighted by Crippen LogP contribution is 2.29. The molecule has 18 heavy (non-hydrogen) atoms. The molecule has 0 saturated heterocycles. The third-order valence-electron chi connectivity index (χ3n) is 2.30. The molecule has 0 fully saturated rings. The second-order valence-corrected chi connectivity index (χ2v) is 4.84. The summed E-state index contributed by atoms with van der Waals surface area (Å²) < 4.78 is 13.5. The van der Waals surface area contributed by atoms with Crippen LogP contribution in [-0.2, 0) is 0 Å². The highest BCUT2D eigenvalue weighted by atomic mass is 79.9. The van der Waals surface area contributed by atoms with E-state index >= 15 is 0 Å². The van der Waals surface area contributed by atoms with E-state index in [1.54, 1.807) is 24.3 Å². The maximum atomic E-state index is 13.0. The monoisotopic (exact) mass is 324 g/mol. The molecule has 0 bridgehead atoms. The SMILES string of the molecule is N#Cc1cc(Cl)ccc1Nc1ccc(F)cc1Br. The smallest absolute Gasteiger partial charge is 0.124 e.